The lowest BCUT2D eigenvalue weighted by atomic mass is 10.1. The summed E-state index contributed by atoms with van der Waals surface area (Å²) in [5.74, 6) is -0.647. The number of hydrogen-bond donors (Lipinski definition) is 1. The maximum Gasteiger partial charge on any atom is 0.295 e. The Bertz CT molecular complexity index is 662. The van der Waals surface area contributed by atoms with E-state index in [-0.39, 0.29) is 17.9 Å². The van der Waals surface area contributed by atoms with E-state index in [0.717, 1.165) is 11.1 Å². The topological polar surface area (TPSA) is 55.2 Å². The lowest BCUT2D eigenvalue weighted by molar-refractivity contribution is -0.384. The summed E-state index contributed by atoms with van der Waals surface area (Å²) in [6.45, 7) is 2.16. The monoisotopic (exact) mass is 294 g/mol. The molecule has 0 aliphatic heterocycles. The van der Waals surface area contributed by atoms with E-state index in [1.165, 1.54) is 18.2 Å². The fraction of sp³-hybridized carbons (Fsp3) is 0.143. The summed E-state index contributed by atoms with van der Waals surface area (Å²) in [7, 11) is 0. The highest BCUT2D eigenvalue weighted by molar-refractivity contribution is 6.30. The van der Waals surface area contributed by atoms with Gasteiger partial charge in [0.1, 0.15) is 5.69 Å². The van der Waals surface area contributed by atoms with Crippen LogP contribution in [0, 0.1) is 22.9 Å². The highest BCUT2D eigenvalue weighted by Gasteiger charge is 2.17. The van der Waals surface area contributed by atoms with E-state index in [0.29, 0.717) is 5.02 Å². The van der Waals surface area contributed by atoms with Gasteiger partial charge in [0.25, 0.3) is 5.69 Å². The Morgan fingerprint density at radius 1 is 1.35 bits per heavy atom. The predicted octanol–water partition coefficient (Wildman–Crippen LogP) is 4.31. The van der Waals surface area contributed by atoms with E-state index < -0.39 is 10.7 Å². The van der Waals surface area contributed by atoms with Crippen molar-refractivity contribution in [2.45, 2.75) is 13.5 Å². The van der Waals surface area contributed by atoms with Crippen molar-refractivity contribution in [3.8, 4) is 0 Å². The molecule has 0 unspecified atom stereocenters. The second-order valence-electron chi connectivity index (χ2n) is 4.32. The SMILES string of the molecule is Cc1cc(Cl)ccc1CNc1c(F)cccc1[N+](=O)[O-]. The molecule has 20 heavy (non-hydrogen) atoms. The van der Waals surface area contributed by atoms with Gasteiger partial charge in [-0.3, -0.25) is 10.1 Å². The Kier molecular flexibility index (Phi) is 4.20. The smallest absolute Gasteiger partial charge is 0.295 e. The largest absolute Gasteiger partial charge is 0.373 e. The van der Waals surface area contributed by atoms with Crippen molar-refractivity contribution in [3.05, 3.63) is 68.5 Å². The van der Waals surface area contributed by atoms with Crippen LogP contribution in [-0.4, -0.2) is 4.92 Å². The van der Waals surface area contributed by atoms with Crippen LogP contribution in [0.1, 0.15) is 11.1 Å². The second kappa shape index (κ2) is 5.88. The molecule has 6 heteroatoms. The Balaban J connectivity index is 2.25. The van der Waals surface area contributed by atoms with Crippen LogP contribution in [-0.2, 0) is 6.54 Å². The number of hydrogen-bond acceptors (Lipinski definition) is 3. The van der Waals surface area contributed by atoms with Crippen molar-refractivity contribution in [1.29, 1.82) is 0 Å². The van der Waals surface area contributed by atoms with Crippen LogP contribution in [0.15, 0.2) is 36.4 Å². The minimum atomic E-state index is -0.647. The zero-order chi connectivity index (χ0) is 14.7. The number of aryl methyl sites for hydroxylation is 1. The summed E-state index contributed by atoms with van der Waals surface area (Å²) in [6.07, 6.45) is 0. The van der Waals surface area contributed by atoms with Crippen LogP contribution in [0.4, 0.5) is 15.8 Å². The van der Waals surface area contributed by atoms with E-state index in [9.17, 15) is 14.5 Å². The lowest BCUT2D eigenvalue weighted by Crippen LogP contribution is -2.05. The first kappa shape index (κ1) is 14.3. The third kappa shape index (κ3) is 3.05. The van der Waals surface area contributed by atoms with Crippen LogP contribution < -0.4 is 5.32 Å². The molecule has 0 saturated carbocycles. The number of halogens is 2. The molecule has 0 saturated heterocycles. The molecule has 0 amide bonds. The molecule has 0 bridgehead atoms. The van der Waals surface area contributed by atoms with Gasteiger partial charge < -0.3 is 5.32 Å². The molecule has 0 aliphatic carbocycles. The van der Waals surface area contributed by atoms with E-state index in [2.05, 4.69) is 5.32 Å². The van der Waals surface area contributed by atoms with E-state index >= 15 is 0 Å². The quantitative estimate of drug-likeness (QED) is 0.675. The van der Waals surface area contributed by atoms with Gasteiger partial charge in [-0.2, -0.15) is 0 Å². The van der Waals surface area contributed by atoms with Crippen molar-refractivity contribution < 1.29 is 9.31 Å². The van der Waals surface area contributed by atoms with Gasteiger partial charge in [0, 0.05) is 17.6 Å². The molecular weight excluding hydrogens is 283 g/mol. The van der Waals surface area contributed by atoms with Crippen molar-refractivity contribution in [3.63, 3.8) is 0 Å². The van der Waals surface area contributed by atoms with Crippen molar-refractivity contribution >= 4 is 23.0 Å². The molecule has 0 spiro atoms. The first-order chi connectivity index (χ1) is 9.49. The molecule has 2 aromatic rings. The fourth-order valence-electron chi connectivity index (χ4n) is 1.88. The zero-order valence-electron chi connectivity index (χ0n) is 10.7. The van der Waals surface area contributed by atoms with Gasteiger partial charge >= 0.3 is 0 Å². The lowest BCUT2D eigenvalue weighted by Gasteiger charge is -2.10. The summed E-state index contributed by atoms with van der Waals surface area (Å²) in [5, 5.41) is 14.3. The van der Waals surface area contributed by atoms with Gasteiger partial charge in [-0.1, -0.05) is 23.7 Å². The Hall–Kier alpha value is -2.14. The Morgan fingerprint density at radius 2 is 2.10 bits per heavy atom. The van der Waals surface area contributed by atoms with Crippen molar-refractivity contribution in [1.82, 2.24) is 0 Å². The zero-order valence-corrected chi connectivity index (χ0v) is 11.4. The number of nitro groups is 1. The molecule has 0 atom stereocenters. The normalized spacial score (nSPS) is 10.3. The molecule has 4 nitrogen and oxygen atoms in total. The molecule has 0 aliphatic rings. The average Bonchev–Trinajstić information content (AvgIpc) is 2.38. The Morgan fingerprint density at radius 3 is 2.75 bits per heavy atom. The van der Waals surface area contributed by atoms with Gasteiger partial charge in [-0.05, 0) is 36.2 Å². The van der Waals surface area contributed by atoms with Crippen LogP contribution in [0.2, 0.25) is 5.02 Å². The van der Waals surface area contributed by atoms with Crippen molar-refractivity contribution in [2.75, 3.05) is 5.32 Å². The molecule has 2 rings (SSSR count). The molecule has 0 fully saturated rings. The van der Waals surface area contributed by atoms with Crippen molar-refractivity contribution in [2.24, 2.45) is 0 Å². The summed E-state index contributed by atoms with van der Waals surface area (Å²) < 4.78 is 13.7. The molecular formula is C14H12ClFN2O2. The number of benzene rings is 2. The standard InChI is InChI=1S/C14H12ClFN2O2/c1-9-7-11(15)6-5-10(9)8-17-14-12(16)3-2-4-13(14)18(19)20/h2-7,17H,8H2,1H3. The first-order valence-electron chi connectivity index (χ1n) is 5.91. The Labute approximate surface area is 120 Å². The maximum atomic E-state index is 13.7. The van der Waals surface area contributed by atoms with Gasteiger partial charge in [0.05, 0.1) is 4.92 Å². The summed E-state index contributed by atoms with van der Waals surface area (Å²) in [4.78, 5) is 10.3. The van der Waals surface area contributed by atoms with E-state index in [1.54, 1.807) is 18.2 Å². The third-order valence-corrected chi connectivity index (χ3v) is 3.18. The molecule has 0 radical (unpaired) electrons. The minimum absolute atomic E-state index is 0.105. The second-order valence-corrected chi connectivity index (χ2v) is 4.75. The van der Waals surface area contributed by atoms with Gasteiger partial charge in [-0.15, -0.1) is 0 Å². The predicted molar refractivity (Wildman–Crippen MR) is 76.6 cm³/mol. The van der Waals surface area contributed by atoms with Crippen LogP contribution in [0.25, 0.3) is 0 Å². The molecule has 0 aromatic heterocycles. The summed E-state index contributed by atoms with van der Waals surface area (Å²) in [5.41, 5.74) is 1.44. The van der Waals surface area contributed by atoms with E-state index in [4.69, 9.17) is 11.6 Å². The summed E-state index contributed by atoms with van der Waals surface area (Å²) >= 11 is 5.86. The van der Waals surface area contributed by atoms with Crippen LogP contribution >= 0.6 is 11.6 Å². The number of para-hydroxylation sites is 1. The summed E-state index contributed by atoms with van der Waals surface area (Å²) in [6, 6.07) is 9.07. The first-order valence-corrected chi connectivity index (χ1v) is 6.28. The highest BCUT2D eigenvalue weighted by Crippen LogP contribution is 2.28. The van der Waals surface area contributed by atoms with Gasteiger partial charge in [0.15, 0.2) is 5.82 Å². The fourth-order valence-corrected chi connectivity index (χ4v) is 2.11. The number of anilines is 1. The minimum Gasteiger partial charge on any atom is -0.373 e. The number of rotatable bonds is 4. The molecule has 1 N–H and O–H groups in total. The molecule has 2 aromatic carbocycles. The van der Waals surface area contributed by atoms with Gasteiger partial charge in [-0.25, -0.2) is 4.39 Å². The number of nitrogens with one attached hydrogen (secondary N) is 1. The molecule has 0 heterocycles. The van der Waals surface area contributed by atoms with Crippen LogP contribution in [0.5, 0.6) is 0 Å². The molecule has 104 valence electrons. The highest BCUT2D eigenvalue weighted by atomic mass is 35.5. The maximum absolute atomic E-state index is 13.7. The number of nitrogens with zero attached hydrogens (tertiary/aromatic N) is 1. The number of nitro benzene ring substituents is 1. The van der Waals surface area contributed by atoms with Gasteiger partial charge in [0.2, 0.25) is 0 Å². The average molecular weight is 295 g/mol. The van der Waals surface area contributed by atoms with E-state index in [1.807, 2.05) is 6.92 Å². The third-order valence-electron chi connectivity index (χ3n) is 2.95. The van der Waals surface area contributed by atoms with Crippen LogP contribution in [0.3, 0.4) is 0 Å².